The first-order chi connectivity index (χ1) is 8.24. The van der Waals surface area contributed by atoms with E-state index in [1.54, 1.807) is 26.5 Å². The van der Waals surface area contributed by atoms with Gasteiger partial charge in [0.05, 0.1) is 32.3 Å². The molecule has 1 heterocycles. The van der Waals surface area contributed by atoms with Gasteiger partial charge in [0.15, 0.2) is 0 Å². The number of methoxy groups -OCH3 is 2. The summed E-state index contributed by atoms with van der Waals surface area (Å²) in [5.74, 6) is 1.39. The molecule has 0 atom stereocenters. The summed E-state index contributed by atoms with van der Waals surface area (Å²) in [4.78, 5) is 8.19. The third-order valence-corrected chi connectivity index (χ3v) is 2.47. The third-order valence-electron chi connectivity index (χ3n) is 2.29. The van der Waals surface area contributed by atoms with E-state index in [9.17, 15) is 0 Å². The molecule has 0 aliphatic rings. The molecule has 0 aliphatic heterocycles. The van der Waals surface area contributed by atoms with E-state index < -0.39 is 0 Å². The Kier molecular flexibility index (Phi) is 3.44. The van der Waals surface area contributed by atoms with Gasteiger partial charge in [0.2, 0.25) is 0 Å². The maximum absolute atomic E-state index is 5.81. The molecule has 4 nitrogen and oxygen atoms in total. The zero-order valence-electron chi connectivity index (χ0n) is 9.48. The fourth-order valence-electron chi connectivity index (χ4n) is 1.48. The predicted octanol–water partition coefficient (Wildman–Crippen LogP) is 2.81. The third kappa shape index (κ3) is 2.47. The maximum Gasteiger partial charge on any atom is 0.148 e. The minimum atomic E-state index is 0.348. The minimum Gasteiger partial charge on any atom is -0.497 e. The summed E-state index contributed by atoms with van der Waals surface area (Å²) in [5, 5.41) is 0.348. The van der Waals surface area contributed by atoms with Gasteiger partial charge in [-0.25, -0.2) is 4.98 Å². The van der Waals surface area contributed by atoms with E-state index in [0.717, 1.165) is 11.3 Å². The Morgan fingerprint density at radius 1 is 1.12 bits per heavy atom. The number of rotatable bonds is 3. The molecule has 17 heavy (non-hydrogen) atoms. The van der Waals surface area contributed by atoms with Crippen LogP contribution in [0.5, 0.6) is 11.5 Å². The first-order valence-corrected chi connectivity index (χ1v) is 5.32. The molecule has 0 saturated carbocycles. The quantitative estimate of drug-likeness (QED) is 0.840. The first kappa shape index (κ1) is 11.7. The van der Waals surface area contributed by atoms with Crippen LogP contribution in [0.3, 0.4) is 0 Å². The van der Waals surface area contributed by atoms with Crippen LogP contribution in [0.15, 0.2) is 30.6 Å². The van der Waals surface area contributed by atoms with Gasteiger partial charge in [-0.3, -0.25) is 4.98 Å². The van der Waals surface area contributed by atoms with Crippen molar-refractivity contribution in [2.45, 2.75) is 0 Å². The molecular weight excluding hydrogens is 240 g/mol. The summed E-state index contributed by atoms with van der Waals surface area (Å²) in [7, 11) is 3.20. The molecule has 5 heteroatoms. The zero-order chi connectivity index (χ0) is 12.3. The number of halogens is 1. The van der Waals surface area contributed by atoms with E-state index >= 15 is 0 Å². The van der Waals surface area contributed by atoms with Crippen LogP contribution in [-0.4, -0.2) is 24.2 Å². The predicted molar refractivity (Wildman–Crippen MR) is 65.6 cm³/mol. The summed E-state index contributed by atoms with van der Waals surface area (Å²) >= 11 is 5.81. The van der Waals surface area contributed by atoms with Crippen molar-refractivity contribution in [3.8, 4) is 22.8 Å². The summed E-state index contributed by atoms with van der Waals surface area (Å²) in [6.07, 6.45) is 3.12. The lowest BCUT2D eigenvalue weighted by molar-refractivity contribution is 0.395. The standard InChI is InChI=1S/C12H11ClN2O2/c1-16-8-3-4-9(11(5-8)17-2)10-6-14-7-12(13)15-10/h3-7H,1-2H3. The van der Waals surface area contributed by atoms with Crippen molar-refractivity contribution < 1.29 is 9.47 Å². The van der Waals surface area contributed by atoms with Crippen LogP contribution in [0.1, 0.15) is 0 Å². The van der Waals surface area contributed by atoms with Crippen LogP contribution in [0.25, 0.3) is 11.3 Å². The van der Waals surface area contributed by atoms with E-state index in [4.69, 9.17) is 21.1 Å². The molecule has 0 radical (unpaired) electrons. The van der Waals surface area contributed by atoms with E-state index in [-0.39, 0.29) is 0 Å². The van der Waals surface area contributed by atoms with Crippen molar-refractivity contribution in [2.75, 3.05) is 14.2 Å². The molecule has 0 amide bonds. The van der Waals surface area contributed by atoms with Gasteiger partial charge in [0, 0.05) is 11.6 Å². The molecule has 0 unspecified atom stereocenters. The van der Waals surface area contributed by atoms with Gasteiger partial charge in [0.1, 0.15) is 16.7 Å². The van der Waals surface area contributed by atoms with Gasteiger partial charge >= 0.3 is 0 Å². The van der Waals surface area contributed by atoms with E-state index in [1.165, 1.54) is 6.20 Å². The molecule has 0 fully saturated rings. The Labute approximate surface area is 104 Å². The highest BCUT2D eigenvalue weighted by molar-refractivity contribution is 6.29. The zero-order valence-corrected chi connectivity index (χ0v) is 10.2. The fourth-order valence-corrected chi connectivity index (χ4v) is 1.63. The minimum absolute atomic E-state index is 0.348. The number of nitrogens with zero attached hydrogens (tertiary/aromatic N) is 2. The van der Waals surface area contributed by atoms with Crippen molar-refractivity contribution >= 4 is 11.6 Å². The summed E-state index contributed by atoms with van der Waals surface area (Å²) in [6.45, 7) is 0. The van der Waals surface area contributed by atoms with Gasteiger partial charge in [-0.15, -0.1) is 0 Å². The van der Waals surface area contributed by atoms with Crippen molar-refractivity contribution in [3.05, 3.63) is 35.7 Å². The normalized spacial score (nSPS) is 10.1. The Morgan fingerprint density at radius 2 is 1.94 bits per heavy atom. The van der Waals surface area contributed by atoms with Gasteiger partial charge in [0.25, 0.3) is 0 Å². The Balaban J connectivity index is 2.51. The molecule has 0 aliphatic carbocycles. The lowest BCUT2D eigenvalue weighted by atomic mass is 10.1. The Hall–Kier alpha value is -1.81. The van der Waals surface area contributed by atoms with Crippen LogP contribution >= 0.6 is 11.6 Å². The summed E-state index contributed by atoms with van der Waals surface area (Å²) in [5.41, 5.74) is 1.49. The molecule has 0 bridgehead atoms. The highest BCUT2D eigenvalue weighted by Crippen LogP contribution is 2.32. The number of hydrogen-bond acceptors (Lipinski definition) is 4. The smallest absolute Gasteiger partial charge is 0.148 e. The fraction of sp³-hybridized carbons (Fsp3) is 0.167. The van der Waals surface area contributed by atoms with Crippen molar-refractivity contribution in [2.24, 2.45) is 0 Å². The topological polar surface area (TPSA) is 44.2 Å². The first-order valence-electron chi connectivity index (χ1n) is 4.94. The summed E-state index contributed by atoms with van der Waals surface area (Å²) in [6, 6.07) is 5.48. The molecular formula is C12H11ClN2O2. The van der Waals surface area contributed by atoms with E-state index in [2.05, 4.69) is 9.97 Å². The second-order valence-corrected chi connectivity index (χ2v) is 3.68. The lowest BCUT2D eigenvalue weighted by Gasteiger charge is -2.09. The lowest BCUT2D eigenvalue weighted by Crippen LogP contribution is -1.92. The van der Waals surface area contributed by atoms with Crippen LogP contribution in [0, 0.1) is 0 Å². The number of hydrogen-bond donors (Lipinski definition) is 0. The molecule has 88 valence electrons. The Morgan fingerprint density at radius 3 is 2.59 bits per heavy atom. The molecule has 2 rings (SSSR count). The van der Waals surface area contributed by atoms with E-state index in [0.29, 0.717) is 16.6 Å². The van der Waals surface area contributed by atoms with Crippen LogP contribution < -0.4 is 9.47 Å². The SMILES string of the molecule is COc1ccc(-c2cncc(Cl)n2)c(OC)c1. The van der Waals surface area contributed by atoms with Gasteiger partial charge < -0.3 is 9.47 Å². The number of ether oxygens (including phenoxy) is 2. The summed E-state index contributed by atoms with van der Waals surface area (Å²) < 4.78 is 10.4. The molecule has 1 aromatic heterocycles. The monoisotopic (exact) mass is 250 g/mol. The van der Waals surface area contributed by atoms with Crippen molar-refractivity contribution in [3.63, 3.8) is 0 Å². The van der Waals surface area contributed by atoms with Crippen molar-refractivity contribution in [1.29, 1.82) is 0 Å². The van der Waals surface area contributed by atoms with Gasteiger partial charge in [-0.05, 0) is 12.1 Å². The molecule has 2 aromatic rings. The number of aromatic nitrogens is 2. The number of benzene rings is 1. The second kappa shape index (κ2) is 5.01. The highest BCUT2D eigenvalue weighted by atomic mass is 35.5. The molecule has 0 spiro atoms. The molecule has 0 saturated heterocycles. The van der Waals surface area contributed by atoms with Gasteiger partial charge in [-0.2, -0.15) is 0 Å². The van der Waals surface area contributed by atoms with Crippen LogP contribution in [-0.2, 0) is 0 Å². The van der Waals surface area contributed by atoms with Gasteiger partial charge in [-0.1, -0.05) is 11.6 Å². The maximum atomic E-state index is 5.81. The Bertz CT molecular complexity index is 532. The van der Waals surface area contributed by atoms with E-state index in [1.807, 2.05) is 12.1 Å². The van der Waals surface area contributed by atoms with Crippen LogP contribution in [0.4, 0.5) is 0 Å². The average Bonchev–Trinajstić information content (AvgIpc) is 2.38. The van der Waals surface area contributed by atoms with Crippen molar-refractivity contribution in [1.82, 2.24) is 9.97 Å². The average molecular weight is 251 g/mol. The molecule has 1 aromatic carbocycles. The highest BCUT2D eigenvalue weighted by Gasteiger charge is 2.09. The van der Waals surface area contributed by atoms with Crippen LogP contribution in [0.2, 0.25) is 5.15 Å². The largest absolute Gasteiger partial charge is 0.497 e. The molecule has 0 N–H and O–H groups in total. The second-order valence-electron chi connectivity index (χ2n) is 3.29.